The van der Waals surface area contributed by atoms with Crippen molar-refractivity contribution in [3.8, 4) is 5.75 Å². The van der Waals surface area contributed by atoms with Crippen LogP contribution in [-0.2, 0) is 37.1 Å². The summed E-state index contributed by atoms with van der Waals surface area (Å²) in [4.78, 5) is 17.5. The normalized spacial score (nSPS) is 20.4. The van der Waals surface area contributed by atoms with Crippen LogP contribution in [-0.4, -0.2) is 38.7 Å². The third-order valence-corrected chi connectivity index (χ3v) is 7.11. The average Bonchev–Trinajstić information content (AvgIpc) is 3.50. The van der Waals surface area contributed by atoms with E-state index in [0.29, 0.717) is 12.2 Å². The molecule has 0 aliphatic carbocycles. The summed E-state index contributed by atoms with van der Waals surface area (Å²) < 4.78 is 14.9. The van der Waals surface area contributed by atoms with Gasteiger partial charge in [-0.3, -0.25) is 0 Å². The summed E-state index contributed by atoms with van der Waals surface area (Å²) in [7, 11) is 0. The summed E-state index contributed by atoms with van der Waals surface area (Å²) >= 11 is 1.37. The molecule has 7 heteroatoms. The van der Waals surface area contributed by atoms with Crippen molar-refractivity contribution in [1.82, 2.24) is 14.9 Å². The first-order chi connectivity index (χ1) is 16.2. The first-order valence-electron chi connectivity index (χ1n) is 11.8. The van der Waals surface area contributed by atoms with Crippen LogP contribution < -0.4 is 10.1 Å². The molecule has 3 heterocycles. The molecule has 2 aliphatic rings. The molecule has 0 spiro atoms. The maximum absolute atomic E-state index is 13.0. The van der Waals surface area contributed by atoms with Gasteiger partial charge in [-0.1, -0.05) is 0 Å². The van der Waals surface area contributed by atoms with Crippen LogP contribution in [0.4, 0.5) is 0 Å². The molecule has 0 saturated carbocycles. The minimum absolute atomic E-state index is 0.0626. The number of nitrogens with zero attached hydrogens (tertiary/aromatic N) is 2. The van der Waals surface area contributed by atoms with Crippen molar-refractivity contribution in [2.75, 3.05) is 13.2 Å². The van der Waals surface area contributed by atoms with E-state index in [1.165, 1.54) is 36.1 Å². The molecule has 1 aromatic carbocycles. The van der Waals surface area contributed by atoms with E-state index in [9.17, 15) is 4.79 Å². The fourth-order valence-electron chi connectivity index (χ4n) is 4.17. The monoisotopic (exact) mass is 617 g/mol. The van der Waals surface area contributed by atoms with Gasteiger partial charge in [0.1, 0.15) is 0 Å². The maximum atomic E-state index is 13.0. The first-order valence-corrected chi connectivity index (χ1v) is 13.2. The summed E-state index contributed by atoms with van der Waals surface area (Å²) in [5, 5.41) is 2.92. The van der Waals surface area contributed by atoms with Crippen LogP contribution >= 0.6 is 0 Å². The standard InChI is InChI=1S/C26H31N3O3.W/c30-26-24-19-22(32-23-13-18-31-20-23)12-11-21(24)9-5-2-1-3-8-16-29-17-15-27-25(29)10-6-4-7-14-28-26;/h4,6-7,11-12,14-15,17,19,23H,1-3,5,8-9,13,16,18,20H2,(H,28,30);. The number of hydrogen-bond acceptors (Lipinski definition) is 4. The van der Waals surface area contributed by atoms with Crippen molar-refractivity contribution in [2.45, 2.75) is 57.6 Å². The van der Waals surface area contributed by atoms with E-state index in [-0.39, 0.29) is 12.0 Å². The second kappa shape index (κ2) is 12.2. The molecule has 0 radical (unpaired) electrons. The number of imidazole rings is 1. The molecular weight excluding hydrogens is 586 g/mol. The number of amides is 1. The van der Waals surface area contributed by atoms with Crippen LogP contribution in [0, 0.1) is 0 Å². The predicted octanol–water partition coefficient (Wildman–Crippen LogP) is 4.12. The van der Waals surface area contributed by atoms with E-state index >= 15 is 0 Å². The Kier molecular flexibility index (Phi) is 8.85. The number of ether oxygens (including phenoxy) is 2. The number of fused-ring (bicyclic) bond motifs is 2. The average molecular weight is 617 g/mol. The molecule has 1 atom stereocenters. The number of nitrogens with one attached hydrogen (secondary N) is 1. The van der Waals surface area contributed by atoms with E-state index in [0.717, 1.165) is 62.4 Å². The van der Waals surface area contributed by atoms with Gasteiger partial charge in [0.25, 0.3) is 0 Å². The van der Waals surface area contributed by atoms with Crippen LogP contribution in [0.1, 0.15) is 60.3 Å². The third-order valence-electron chi connectivity index (χ3n) is 5.97. The van der Waals surface area contributed by atoms with Gasteiger partial charge in [0.05, 0.1) is 13.2 Å². The van der Waals surface area contributed by atoms with Gasteiger partial charge in [-0.25, -0.2) is 0 Å². The minimum atomic E-state index is -0.106. The number of carbonyl (C=O) groups is 1. The zero-order chi connectivity index (χ0) is 22.9. The van der Waals surface area contributed by atoms with Crippen LogP contribution in [0.25, 0.3) is 0 Å². The number of benzene rings is 1. The molecule has 1 unspecified atom stereocenters. The Morgan fingerprint density at radius 2 is 2.03 bits per heavy atom. The Morgan fingerprint density at radius 3 is 2.91 bits per heavy atom. The Hall–Kier alpha value is -2.30. The van der Waals surface area contributed by atoms with Gasteiger partial charge >= 0.3 is 182 Å². The summed E-state index contributed by atoms with van der Waals surface area (Å²) in [6.07, 6.45) is 19.1. The van der Waals surface area contributed by atoms with Crippen LogP contribution in [0.2, 0.25) is 0 Å². The Balaban J connectivity index is 1.49. The van der Waals surface area contributed by atoms with Gasteiger partial charge in [-0.2, -0.15) is 0 Å². The molecule has 33 heavy (non-hydrogen) atoms. The first kappa shape index (κ1) is 23.8. The number of rotatable bonds is 2. The van der Waals surface area contributed by atoms with Crippen molar-refractivity contribution in [3.63, 3.8) is 0 Å². The number of aromatic nitrogens is 2. The van der Waals surface area contributed by atoms with E-state index in [1.54, 1.807) is 6.20 Å². The van der Waals surface area contributed by atoms with Gasteiger partial charge in [-0.15, -0.1) is 0 Å². The topological polar surface area (TPSA) is 65.4 Å². The Labute approximate surface area is 206 Å². The molecule has 174 valence electrons. The summed E-state index contributed by atoms with van der Waals surface area (Å²) in [5.41, 5.74) is 1.76. The molecule has 1 amide bonds. The van der Waals surface area contributed by atoms with Gasteiger partial charge in [0.2, 0.25) is 0 Å². The summed E-state index contributed by atoms with van der Waals surface area (Å²) in [6.45, 7) is 2.34. The zero-order valence-corrected chi connectivity index (χ0v) is 21.8. The molecule has 1 saturated heterocycles. The van der Waals surface area contributed by atoms with Crippen molar-refractivity contribution in [1.29, 1.82) is 0 Å². The number of carbonyl (C=O) groups excluding carboxylic acids is 1. The Bertz CT molecular complexity index is 1020. The van der Waals surface area contributed by atoms with Crippen molar-refractivity contribution in [3.05, 3.63) is 72.0 Å². The second-order valence-corrected chi connectivity index (χ2v) is 10.0. The SMILES string of the molecule is O=C1NC=CC=C[C](=[W])c2nccn2CCCCCCCc2ccc(OC3CCOC3)cc21. The molecule has 4 rings (SSSR count). The van der Waals surface area contributed by atoms with Gasteiger partial charge < -0.3 is 4.74 Å². The van der Waals surface area contributed by atoms with E-state index < -0.39 is 0 Å². The third kappa shape index (κ3) is 6.84. The Morgan fingerprint density at radius 1 is 1.15 bits per heavy atom. The van der Waals surface area contributed by atoms with Crippen LogP contribution in [0.15, 0.2) is 55.0 Å². The van der Waals surface area contributed by atoms with Crippen molar-refractivity contribution >= 4 is 9.81 Å². The number of allylic oxidation sites excluding steroid dienone is 3. The summed E-state index contributed by atoms with van der Waals surface area (Å²) in [6, 6.07) is 5.91. The molecular formula is C26H31N3O3W. The van der Waals surface area contributed by atoms with Crippen LogP contribution in [0.5, 0.6) is 5.75 Å². The summed E-state index contributed by atoms with van der Waals surface area (Å²) in [5.74, 6) is 1.66. The fraction of sp³-hybridized carbons (Fsp3) is 0.423. The molecule has 1 fully saturated rings. The number of hydrogen-bond donors (Lipinski definition) is 1. The van der Waals surface area contributed by atoms with Gasteiger partial charge in [0, 0.05) is 6.42 Å². The molecule has 0 bridgehead atoms. The fourth-order valence-corrected chi connectivity index (χ4v) is 5.07. The molecule has 2 aromatic rings. The predicted molar refractivity (Wildman–Crippen MR) is 125 cm³/mol. The molecule has 6 nitrogen and oxygen atoms in total. The molecule has 1 aromatic heterocycles. The van der Waals surface area contributed by atoms with E-state index in [1.807, 2.05) is 36.5 Å². The van der Waals surface area contributed by atoms with E-state index in [4.69, 9.17) is 9.47 Å². The molecule has 1 N–H and O–H groups in total. The van der Waals surface area contributed by atoms with Crippen LogP contribution in [0.3, 0.4) is 0 Å². The molecule has 2 aliphatic heterocycles. The quantitative estimate of drug-likeness (QED) is 0.551. The number of aryl methyl sites for hydroxylation is 2. The van der Waals surface area contributed by atoms with Crippen molar-refractivity contribution < 1.29 is 33.6 Å². The van der Waals surface area contributed by atoms with Crippen molar-refractivity contribution in [2.24, 2.45) is 0 Å². The zero-order valence-electron chi connectivity index (χ0n) is 18.9. The van der Waals surface area contributed by atoms with Gasteiger partial charge in [0.15, 0.2) is 0 Å². The van der Waals surface area contributed by atoms with Gasteiger partial charge in [-0.05, 0) is 0 Å². The van der Waals surface area contributed by atoms with E-state index in [2.05, 4.69) is 27.1 Å². The second-order valence-electron chi connectivity index (χ2n) is 8.44.